The van der Waals surface area contributed by atoms with E-state index in [0.717, 1.165) is 15.5 Å². The van der Waals surface area contributed by atoms with E-state index in [1.54, 1.807) is 27.8 Å². The fourth-order valence-electron chi connectivity index (χ4n) is 2.03. The second kappa shape index (κ2) is 12.5. The summed E-state index contributed by atoms with van der Waals surface area (Å²) in [4.78, 5) is 27.1. The van der Waals surface area contributed by atoms with Gasteiger partial charge in [0.05, 0.1) is 4.92 Å². The van der Waals surface area contributed by atoms with Gasteiger partial charge in [-0.1, -0.05) is 42.8 Å². The van der Waals surface area contributed by atoms with Crippen molar-refractivity contribution in [1.82, 2.24) is 4.98 Å². The van der Waals surface area contributed by atoms with Gasteiger partial charge in [0, 0.05) is 23.2 Å². The van der Waals surface area contributed by atoms with Crippen LogP contribution in [0.3, 0.4) is 0 Å². The number of rotatable bonds is 7. The van der Waals surface area contributed by atoms with Gasteiger partial charge in [0.2, 0.25) is 0 Å². The predicted octanol–water partition coefficient (Wildman–Crippen LogP) is 6.53. The molecule has 2 aromatic carbocycles. The Morgan fingerprint density at radius 2 is 1.70 bits per heavy atom. The van der Waals surface area contributed by atoms with Gasteiger partial charge in [0.15, 0.2) is 0 Å². The summed E-state index contributed by atoms with van der Waals surface area (Å²) in [5.74, 6) is 0.175. The standard InChI is InChI=1S/C19H14N2O5S2.C2H6/c22-19(26-16-8-6-15(7-9-16)21(23)24)25-13-14-4-10-17(11-5-14)27-28-18-3-1-2-12-20-18;1-2/h1-12H,13H2;1-2H3. The molecular weight excluding hydrogens is 424 g/mol. The Morgan fingerprint density at radius 3 is 2.30 bits per heavy atom. The highest BCUT2D eigenvalue weighted by Gasteiger charge is 2.09. The van der Waals surface area contributed by atoms with E-state index in [4.69, 9.17) is 9.47 Å². The number of hydrogen-bond acceptors (Lipinski definition) is 8. The molecule has 1 heterocycles. The number of non-ortho nitro benzene ring substituents is 1. The molecule has 0 unspecified atom stereocenters. The minimum atomic E-state index is -0.877. The van der Waals surface area contributed by atoms with Crippen LogP contribution in [-0.4, -0.2) is 16.1 Å². The number of carbonyl (C=O) groups excluding carboxylic acids is 1. The number of nitro groups is 1. The Bertz CT molecular complexity index is 936. The van der Waals surface area contributed by atoms with Crippen molar-refractivity contribution in [1.29, 1.82) is 0 Å². The highest BCUT2D eigenvalue weighted by molar-refractivity contribution is 8.76. The zero-order valence-electron chi connectivity index (χ0n) is 16.4. The third-order valence-electron chi connectivity index (χ3n) is 3.39. The molecule has 0 amide bonds. The quantitative estimate of drug-likeness (QED) is 0.133. The van der Waals surface area contributed by atoms with Crippen LogP contribution in [0.5, 0.6) is 5.75 Å². The van der Waals surface area contributed by atoms with Gasteiger partial charge in [0.25, 0.3) is 5.69 Å². The molecule has 0 saturated heterocycles. The van der Waals surface area contributed by atoms with Crippen LogP contribution in [0.1, 0.15) is 19.4 Å². The van der Waals surface area contributed by atoms with Gasteiger partial charge >= 0.3 is 6.16 Å². The maximum atomic E-state index is 11.7. The molecule has 3 rings (SSSR count). The largest absolute Gasteiger partial charge is 0.514 e. The maximum Gasteiger partial charge on any atom is 0.514 e. The van der Waals surface area contributed by atoms with Crippen molar-refractivity contribution in [3.63, 3.8) is 0 Å². The van der Waals surface area contributed by atoms with E-state index in [1.807, 2.05) is 56.3 Å². The SMILES string of the molecule is CC.O=C(OCc1ccc(SSc2ccccn2)cc1)Oc1ccc([N+](=O)[O-])cc1. The second-order valence-corrected chi connectivity index (χ2v) is 7.59. The fourth-order valence-corrected chi connectivity index (χ4v) is 3.87. The van der Waals surface area contributed by atoms with E-state index in [9.17, 15) is 14.9 Å². The highest BCUT2D eigenvalue weighted by atomic mass is 33.1. The van der Waals surface area contributed by atoms with Gasteiger partial charge in [-0.05, 0) is 52.8 Å². The molecule has 7 nitrogen and oxygen atoms in total. The lowest BCUT2D eigenvalue weighted by atomic mass is 10.2. The monoisotopic (exact) mass is 444 g/mol. The molecule has 0 aliphatic heterocycles. The van der Waals surface area contributed by atoms with E-state index >= 15 is 0 Å². The molecule has 0 atom stereocenters. The number of ether oxygens (including phenoxy) is 2. The Hall–Kier alpha value is -3.04. The fraction of sp³-hybridized carbons (Fsp3) is 0.143. The lowest BCUT2D eigenvalue weighted by Gasteiger charge is -2.07. The topological polar surface area (TPSA) is 91.6 Å². The average molecular weight is 445 g/mol. The maximum absolute atomic E-state index is 11.7. The second-order valence-electron chi connectivity index (χ2n) is 5.37. The van der Waals surface area contributed by atoms with Crippen LogP contribution in [0.4, 0.5) is 10.5 Å². The molecule has 0 aliphatic carbocycles. The van der Waals surface area contributed by atoms with Crippen molar-refractivity contribution in [2.24, 2.45) is 0 Å². The normalized spacial score (nSPS) is 9.80. The Kier molecular flexibility index (Phi) is 9.69. The molecule has 0 bridgehead atoms. The molecule has 9 heteroatoms. The minimum Gasteiger partial charge on any atom is -0.429 e. The summed E-state index contributed by atoms with van der Waals surface area (Å²) in [5, 5.41) is 11.5. The summed E-state index contributed by atoms with van der Waals surface area (Å²) >= 11 is 0. The number of nitro benzene ring substituents is 1. The molecule has 156 valence electrons. The lowest BCUT2D eigenvalue weighted by molar-refractivity contribution is -0.384. The molecule has 3 aromatic rings. The minimum absolute atomic E-state index is 0.0597. The number of benzene rings is 2. The van der Waals surface area contributed by atoms with E-state index in [-0.39, 0.29) is 18.0 Å². The van der Waals surface area contributed by atoms with Crippen molar-refractivity contribution in [2.45, 2.75) is 30.4 Å². The molecule has 0 N–H and O–H groups in total. The van der Waals surface area contributed by atoms with Crippen molar-refractivity contribution < 1.29 is 19.2 Å². The van der Waals surface area contributed by atoms with Crippen LogP contribution in [0.25, 0.3) is 0 Å². The Labute approximate surface area is 182 Å². The summed E-state index contributed by atoms with van der Waals surface area (Å²) in [6.45, 7) is 4.06. The summed E-state index contributed by atoms with van der Waals surface area (Å²) < 4.78 is 10.0. The molecular formula is C21H20N2O5S2. The van der Waals surface area contributed by atoms with Crippen molar-refractivity contribution in [3.8, 4) is 5.75 Å². The zero-order valence-corrected chi connectivity index (χ0v) is 18.0. The summed E-state index contributed by atoms with van der Waals surface area (Å²) in [6.07, 6.45) is 0.872. The molecule has 0 fully saturated rings. The smallest absolute Gasteiger partial charge is 0.429 e. The van der Waals surface area contributed by atoms with Crippen molar-refractivity contribution >= 4 is 33.4 Å². The van der Waals surface area contributed by atoms with Crippen LogP contribution in [0, 0.1) is 10.1 Å². The number of aromatic nitrogens is 1. The first-order valence-corrected chi connectivity index (χ1v) is 11.2. The van der Waals surface area contributed by atoms with Crippen molar-refractivity contribution in [3.05, 3.63) is 88.6 Å². The molecule has 1 aromatic heterocycles. The van der Waals surface area contributed by atoms with E-state index in [1.165, 1.54) is 24.3 Å². The van der Waals surface area contributed by atoms with Gasteiger partial charge in [-0.25, -0.2) is 9.78 Å². The molecule has 0 radical (unpaired) electrons. The number of carbonyl (C=O) groups is 1. The zero-order chi connectivity index (χ0) is 21.8. The Morgan fingerprint density at radius 1 is 1.00 bits per heavy atom. The van der Waals surface area contributed by atoms with Gasteiger partial charge in [-0.15, -0.1) is 0 Å². The summed E-state index contributed by atoms with van der Waals surface area (Å²) in [5.41, 5.74) is 0.729. The first-order chi connectivity index (χ1) is 14.6. The summed E-state index contributed by atoms with van der Waals surface area (Å²) in [6, 6.07) is 18.5. The molecule has 0 spiro atoms. The third-order valence-corrected chi connectivity index (χ3v) is 5.69. The van der Waals surface area contributed by atoms with E-state index < -0.39 is 11.1 Å². The molecule has 0 aliphatic rings. The van der Waals surface area contributed by atoms with Crippen molar-refractivity contribution in [2.75, 3.05) is 0 Å². The predicted molar refractivity (Wildman–Crippen MR) is 118 cm³/mol. The van der Waals surface area contributed by atoms with Crippen LogP contribution in [-0.2, 0) is 11.3 Å². The van der Waals surface area contributed by atoms with Crippen LogP contribution < -0.4 is 4.74 Å². The molecule has 0 saturated carbocycles. The number of nitrogens with zero attached hydrogens (tertiary/aromatic N) is 2. The van der Waals surface area contributed by atoms with Crippen LogP contribution in [0.2, 0.25) is 0 Å². The van der Waals surface area contributed by atoms with E-state index in [2.05, 4.69) is 4.98 Å². The first kappa shape index (κ1) is 23.2. The van der Waals surface area contributed by atoms with Gasteiger partial charge in [-0.2, -0.15) is 0 Å². The summed E-state index contributed by atoms with van der Waals surface area (Å²) in [7, 11) is 3.14. The van der Waals surface area contributed by atoms with Gasteiger partial charge in [-0.3, -0.25) is 10.1 Å². The van der Waals surface area contributed by atoms with E-state index in [0.29, 0.717) is 0 Å². The number of pyridine rings is 1. The average Bonchev–Trinajstić information content (AvgIpc) is 2.79. The lowest BCUT2D eigenvalue weighted by Crippen LogP contribution is -2.10. The van der Waals surface area contributed by atoms with Crippen LogP contribution >= 0.6 is 21.6 Å². The highest BCUT2D eigenvalue weighted by Crippen LogP contribution is 2.36. The van der Waals surface area contributed by atoms with Gasteiger partial charge in [0.1, 0.15) is 17.4 Å². The number of hydrogen-bond donors (Lipinski definition) is 0. The Balaban J connectivity index is 0.00000155. The van der Waals surface area contributed by atoms with Gasteiger partial charge < -0.3 is 9.47 Å². The molecule has 30 heavy (non-hydrogen) atoms. The first-order valence-electron chi connectivity index (χ1n) is 9.04. The third kappa shape index (κ3) is 7.76. The van der Waals surface area contributed by atoms with Crippen LogP contribution in [0.15, 0.2) is 82.8 Å².